The summed E-state index contributed by atoms with van der Waals surface area (Å²) in [6.45, 7) is 18.8. The summed E-state index contributed by atoms with van der Waals surface area (Å²) in [4.78, 5) is 23.8. The van der Waals surface area contributed by atoms with Crippen LogP contribution in [0.2, 0.25) is 0 Å². The normalized spacial score (nSPS) is 16.3. The quantitative estimate of drug-likeness (QED) is 0.268. The summed E-state index contributed by atoms with van der Waals surface area (Å²) in [6, 6.07) is 3.47. The molecule has 0 aromatic carbocycles. The molecule has 226 valence electrons. The van der Waals surface area contributed by atoms with E-state index in [0.29, 0.717) is 31.9 Å². The predicted octanol–water partition coefficient (Wildman–Crippen LogP) is 6.69. The largest absolute Gasteiger partial charge is 0.309 e. The summed E-state index contributed by atoms with van der Waals surface area (Å²) >= 11 is 0. The van der Waals surface area contributed by atoms with E-state index in [-0.39, 0.29) is 24.4 Å². The highest BCUT2D eigenvalue weighted by Crippen LogP contribution is 2.34. The standard InChI is InChI=1S/C28H36F2N6O.2C2H6/c1-6-8-20-9-10-26(37)36(14-20)17-25-23(13-32-34(25)5)27-31-12-22(24(7-2)33-27)16-35-15-21(19(3)4)11-28(29,30)18-35;2*1-2/h9-10,12-14,21H,3,6-8,11,15-18H2,1-2,4-5H3;2*1-2H3. The number of piperidine rings is 1. The molecule has 0 aliphatic carbocycles. The molecule has 0 saturated carbocycles. The Morgan fingerprint density at radius 2 is 1.83 bits per heavy atom. The first-order chi connectivity index (χ1) is 19.6. The minimum absolute atomic E-state index is 0.0797. The molecular weight excluding hydrogens is 522 g/mol. The highest BCUT2D eigenvalue weighted by molar-refractivity contribution is 5.57. The van der Waals surface area contributed by atoms with E-state index in [9.17, 15) is 13.6 Å². The van der Waals surface area contributed by atoms with Crippen molar-refractivity contribution < 1.29 is 8.78 Å². The molecule has 0 N–H and O–H groups in total. The van der Waals surface area contributed by atoms with Crippen LogP contribution in [0.3, 0.4) is 0 Å². The molecular formula is C32H48F2N6O. The van der Waals surface area contributed by atoms with Gasteiger partial charge in [-0.05, 0) is 31.2 Å². The molecule has 4 rings (SSSR count). The Morgan fingerprint density at radius 1 is 1.12 bits per heavy atom. The number of rotatable bonds is 9. The molecule has 1 aliphatic heterocycles. The molecule has 1 atom stereocenters. The van der Waals surface area contributed by atoms with Gasteiger partial charge in [-0.3, -0.25) is 14.4 Å². The molecule has 0 radical (unpaired) electrons. The molecule has 1 saturated heterocycles. The SMILES string of the molecule is C=C(C)C1CN(Cc2cnc(-c3cnn(C)c3Cn3cc(CCC)ccc3=O)nc2CC)CC(F)(F)C1.CC.CC. The lowest BCUT2D eigenvalue weighted by atomic mass is 9.89. The van der Waals surface area contributed by atoms with E-state index in [1.54, 1.807) is 32.6 Å². The molecule has 0 bridgehead atoms. The number of halogens is 2. The summed E-state index contributed by atoms with van der Waals surface area (Å²) in [7, 11) is 1.84. The van der Waals surface area contributed by atoms with Crippen LogP contribution in [0.4, 0.5) is 8.78 Å². The van der Waals surface area contributed by atoms with Gasteiger partial charge in [-0.1, -0.05) is 66.2 Å². The first kappa shape index (κ1) is 34.0. The Hall–Kier alpha value is -3.20. The Labute approximate surface area is 244 Å². The maximum absolute atomic E-state index is 14.4. The Balaban J connectivity index is 0.00000141. The molecule has 3 aromatic rings. The number of alkyl halides is 2. The van der Waals surface area contributed by atoms with Crippen LogP contribution >= 0.6 is 0 Å². The molecule has 7 nitrogen and oxygen atoms in total. The molecule has 1 fully saturated rings. The average molecular weight is 571 g/mol. The van der Waals surface area contributed by atoms with Crippen molar-refractivity contribution in [3.05, 3.63) is 75.7 Å². The molecule has 3 aromatic heterocycles. The molecule has 1 aliphatic rings. The van der Waals surface area contributed by atoms with Gasteiger partial charge in [0.1, 0.15) is 0 Å². The second-order valence-corrected chi connectivity index (χ2v) is 10.2. The number of nitrogens with zero attached hydrogens (tertiary/aromatic N) is 6. The number of pyridine rings is 1. The van der Waals surface area contributed by atoms with Crippen molar-refractivity contribution in [2.45, 2.75) is 93.2 Å². The van der Waals surface area contributed by atoms with E-state index in [0.717, 1.165) is 46.5 Å². The number of aryl methyl sites for hydroxylation is 3. The van der Waals surface area contributed by atoms with E-state index in [2.05, 4.69) is 23.6 Å². The van der Waals surface area contributed by atoms with E-state index >= 15 is 0 Å². The van der Waals surface area contributed by atoms with Crippen molar-refractivity contribution in [2.24, 2.45) is 13.0 Å². The zero-order valence-electron chi connectivity index (χ0n) is 26.2. The van der Waals surface area contributed by atoms with Crippen LogP contribution in [0.5, 0.6) is 0 Å². The molecule has 1 unspecified atom stereocenters. The summed E-state index contributed by atoms with van der Waals surface area (Å²) in [5, 5.41) is 4.41. The number of hydrogen-bond donors (Lipinski definition) is 0. The van der Waals surface area contributed by atoms with Gasteiger partial charge in [-0.25, -0.2) is 18.7 Å². The van der Waals surface area contributed by atoms with Gasteiger partial charge in [-0.2, -0.15) is 5.10 Å². The van der Waals surface area contributed by atoms with Gasteiger partial charge in [0, 0.05) is 56.3 Å². The van der Waals surface area contributed by atoms with Gasteiger partial charge in [0.25, 0.3) is 11.5 Å². The fourth-order valence-electron chi connectivity index (χ4n) is 5.03. The predicted molar refractivity (Wildman–Crippen MR) is 163 cm³/mol. The highest BCUT2D eigenvalue weighted by Gasteiger charge is 2.40. The topological polar surface area (TPSA) is 68.8 Å². The Kier molecular flexibility index (Phi) is 13.0. The van der Waals surface area contributed by atoms with Crippen LogP contribution in [-0.4, -0.2) is 48.2 Å². The molecule has 0 amide bonds. The third kappa shape index (κ3) is 8.89. The fourth-order valence-corrected chi connectivity index (χ4v) is 5.03. The van der Waals surface area contributed by atoms with Crippen molar-refractivity contribution >= 4 is 0 Å². The van der Waals surface area contributed by atoms with E-state index in [1.807, 2.05) is 60.9 Å². The van der Waals surface area contributed by atoms with Crippen LogP contribution in [0, 0.1) is 5.92 Å². The van der Waals surface area contributed by atoms with Gasteiger partial charge < -0.3 is 4.57 Å². The van der Waals surface area contributed by atoms with Gasteiger partial charge in [0.15, 0.2) is 5.82 Å². The zero-order valence-corrected chi connectivity index (χ0v) is 26.2. The minimum Gasteiger partial charge on any atom is -0.309 e. The van der Waals surface area contributed by atoms with Crippen molar-refractivity contribution in [3.63, 3.8) is 0 Å². The molecule has 0 spiro atoms. The van der Waals surface area contributed by atoms with E-state index in [1.165, 1.54) is 0 Å². The molecule has 4 heterocycles. The lowest BCUT2D eigenvalue weighted by molar-refractivity contribution is -0.0809. The maximum atomic E-state index is 14.4. The Bertz CT molecular complexity index is 1330. The fraction of sp³-hybridized carbons (Fsp3) is 0.562. The Morgan fingerprint density at radius 3 is 2.46 bits per heavy atom. The number of hydrogen-bond acceptors (Lipinski definition) is 5. The third-order valence-corrected chi connectivity index (χ3v) is 7.06. The zero-order chi connectivity index (χ0) is 30.7. The summed E-state index contributed by atoms with van der Waals surface area (Å²) in [5.41, 5.74) is 5.06. The van der Waals surface area contributed by atoms with Gasteiger partial charge in [-0.15, -0.1) is 0 Å². The second kappa shape index (κ2) is 15.7. The summed E-state index contributed by atoms with van der Waals surface area (Å²) < 4.78 is 32.3. The summed E-state index contributed by atoms with van der Waals surface area (Å²) in [5.74, 6) is -2.46. The average Bonchev–Trinajstić information content (AvgIpc) is 3.32. The van der Waals surface area contributed by atoms with Crippen LogP contribution in [-0.2, 0) is 33.0 Å². The first-order valence-corrected chi connectivity index (χ1v) is 14.9. The first-order valence-electron chi connectivity index (χ1n) is 14.9. The van der Waals surface area contributed by atoms with Crippen LogP contribution in [0.1, 0.15) is 83.8 Å². The van der Waals surface area contributed by atoms with Crippen LogP contribution in [0.15, 0.2) is 47.7 Å². The number of likely N-dealkylation sites (tertiary alicyclic amines) is 1. The smallest absolute Gasteiger partial charge is 0.261 e. The van der Waals surface area contributed by atoms with Gasteiger partial charge in [0.2, 0.25) is 0 Å². The maximum Gasteiger partial charge on any atom is 0.261 e. The number of aromatic nitrogens is 5. The lowest BCUT2D eigenvalue weighted by Gasteiger charge is -2.38. The van der Waals surface area contributed by atoms with Crippen LogP contribution < -0.4 is 5.56 Å². The second-order valence-electron chi connectivity index (χ2n) is 10.2. The van der Waals surface area contributed by atoms with E-state index < -0.39 is 5.92 Å². The van der Waals surface area contributed by atoms with E-state index in [4.69, 9.17) is 4.98 Å². The van der Waals surface area contributed by atoms with Crippen molar-refractivity contribution in [2.75, 3.05) is 13.1 Å². The molecule has 9 heteroatoms. The molecule has 41 heavy (non-hydrogen) atoms. The lowest BCUT2D eigenvalue weighted by Crippen LogP contribution is -2.46. The highest BCUT2D eigenvalue weighted by atomic mass is 19.3. The third-order valence-electron chi connectivity index (χ3n) is 7.06. The summed E-state index contributed by atoms with van der Waals surface area (Å²) in [6.07, 6.45) is 7.76. The van der Waals surface area contributed by atoms with Crippen LogP contribution in [0.25, 0.3) is 11.4 Å². The van der Waals surface area contributed by atoms with Crippen molar-refractivity contribution in [3.8, 4) is 11.4 Å². The van der Waals surface area contributed by atoms with Gasteiger partial charge in [0.05, 0.1) is 30.5 Å². The van der Waals surface area contributed by atoms with Gasteiger partial charge >= 0.3 is 0 Å². The van der Waals surface area contributed by atoms with Crippen molar-refractivity contribution in [1.82, 2.24) is 29.2 Å². The minimum atomic E-state index is -2.74. The van der Waals surface area contributed by atoms with Crippen molar-refractivity contribution in [1.29, 1.82) is 0 Å². The monoisotopic (exact) mass is 570 g/mol.